The molecule has 1 aliphatic rings. The lowest BCUT2D eigenvalue weighted by Crippen LogP contribution is -2.69. The van der Waals surface area contributed by atoms with Crippen LogP contribution in [0, 0.1) is 0 Å². The van der Waals surface area contributed by atoms with E-state index in [0.717, 1.165) is 0 Å². The standard InChI is InChI=1S/C15H27FN2O3S/c1-8-11(17-22(20)14(5,6)7)15(16)9-18(10-15)12(19)21-13(2,3)4/h8,11,17H,1,9-10H2,2-7H3. The number of hydrogen-bond acceptors (Lipinski definition) is 3. The Morgan fingerprint density at radius 3 is 2.23 bits per heavy atom. The van der Waals surface area contributed by atoms with E-state index in [4.69, 9.17) is 4.74 Å². The molecule has 0 saturated carbocycles. The number of halogens is 1. The largest absolute Gasteiger partial charge is 0.444 e. The van der Waals surface area contributed by atoms with Crippen LogP contribution in [-0.2, 0) is 15.7 Å². The molecule has 2 atom stereocenters. The SMILES string of the molecule is C=CC(NS(=O)C(C)(C)C)C1(F)CN(C(=O)OC(C)(C)C)C1. The Morgan fingerprint density at radius 2 is 1.86 bits per heavy atom. The molecule has 0 bridgehead atoms. The van der Waals surface area contributed by atoms with E-state index in [1.165, 1.54) is 11.0 Å². The molecule has 0 radical (unpaired) electrons. The maximum absolute atomic E-state index is 14.8. The van der Waals surface area contributed by atoms with Crippen molar-refractivity contribution in [2.24, 2.45) is 0 Å². The van der Waals surface area contributed by atoms with Gasteiger partial charge in [0.1, 0.15) is 5.60 Å². The van der Waals surface area contributed by atoms with Gasteiger partial charge in [-0.1, -0.05) is 6.08 Å². The maximum atomic E-state index is 14.8. The predicted molar refractivity (Wildman–Crippen MR) is 86.7 cm³/mol. The topological polar surface area (TPSA) is 58.6 Å². The van der Waals surface area contributed by atoms with Crippen molar-refractivity contribution in [3.8, 4) is 0 Å². The summed E-state index contributed by atoms with van der Waals surface area (Å²) in [4.78, 5) is 13.1. The number of ether oxygens (including phenoxy) is 1. The molecule has 1 rings (SSSR count). The van der Waals surface area contributed by atoms with Gasteiger partial charge in [0, 0.05) is 0 Å². The highest BCUT2D eigenvalue weighted by Gasteiger charge is 2.52. The van der Waals surface area contributed by atoms with Gasteiger partial charge in [-0.05, 0) is 41.5 Å². The van der Waals surface area contributed by atoms with Gasteiger partial charge in [-0.25, -0.2) is 18.1 Å². The van der Waals surface area contributed by atoms with E-state index in [0.29, 0.717) is 0 Å². The highest BCUT2D eigenvalue weighted by molar-refractivity contribution is 7.84. The fourth-order valence-corrected chi connectivity index (χ4v) is 2.79. The summed E-state index contributed by atoms with van der Waals surface area (Å²) in [5.41, 5.74) is -2.30. The zero-order valence-corrected chi connectivity index (χ0v) is 15.1. The van der Waals surface area contributed by atoms with Crippen molar-refractivity contribution in [3.05, 3.63) is 12.7 Å². The molecule has 128 valence electrons. The summed E-state index contributed by atoms with van der Waals surface area (Å²) in [7, 11) is -1.42. The molecular weight excluding hydrogens is 307 g/mol. The summed E-state index contributed by atoms with van der Waals surface area (Å²) in [6.45, 7) is 14.1. The van der Waals surface area contributed by atoms with Gasteiger partial charge in [0.25, 0.3) is 0 Å². The van der Waals surface area contributed by atoms with Gasteiger partial charge in [0.05, 0.1) is 34.9 Å². The minimum atomic E-state index is -1.68. The number of amides is 1. The first kappa shape index (κ1) is 19.1. The van der Waals surface area contributed by atoms with Crippen molar-refractivity contribution in [2.75, 3.05) is 13.1 Å². The molecule has 2 unspecified atom stereocenters. The average molecular weight is 334 g/mol. The Bertz CT molecular complexity index is 462. The summed E-state index contributed by atoms with van der Waals surface area (Å²) in [5.74, 6) is 0. The number of carbonyl (C=O) groups excluding carboxylic acids is 1. The highest BCUT2D eigenvalue weighted by atomic mass is 32.2. The zero-order valence-electron chi connectivity index (χ0n) is 14.2. The summed E-state index contributed by atoms with van der Waals surface area (Å²) < 4.78 is 34.4. The van der Waals surface area contributed by atoms with Gasteiger partial charge in [-0.2, -0.15) is 0 Å². The Morgan fingerprint density at radius 1 is 1.36 bits per heavy atom. The van der Waals surface area contributed by atoms with E-state index in [1.807, 2.05) is 0 Å². The second-order valence-corrected chi connectivity index (χ2v) is 9.58. The normalized spacial score (nSPS) is 20.8. The second-order valence-electron chi connectivity index (χ2n) is 7.58. The number of rotatable bonds is 4. The van der Waals surface area contributed by atoms with Crippen LogP contribution in [0.2, 0.25) is 0 Å². The summed E-state index contributed by atoms with van der Waals surface area (Å²) in [6, 6.07) is -0.786. The molecule has 1 fully saturated rings. The molecule has 5 nitrogen and oxygen atoms in total. The molecule has 7 heteroatoms. The zero-order chi connectivity index (χ0) is 17.3. The fourth-order valence-electron chi connectivity index (χ4n) is 1.90. The third kappa shape index (κ3) is 4.78. The molecule has 0 aliphatic carbocycles. The van der Waals surface area contributed by atoms with E-state index in [2.05, 4.69) is 11.3 Å². The van der Waals surface area contributed by atoms with Crippen LogP contribution >= 0.6 is 0 Å². The lowest BCUT2D eigenvalue weighted by molar-refractivity contribution is -0.0574. The van der Waals surface area contributed by atoms with Crippen LogP contribution in [-0.4, -0.2) is 50.4 Å². The van der Waals surface area contributed by atoms with Gasteiger partial charge < -0.3 is 9.64 Å². The molecule has 0 aromatic heterocycles. The lowest BCUT2D eigenvalue weighted by Gasteiger charge is -2.47. The highest BCUT2D eigenvalue weighted by Crippen LogP contribution is 2.31. The van der Waals surface area contributed by atoms with Crippen LogP contribution in [0.4, 0.5) is 9.18 Å². The second kappa shape index (κ2) is 6.28. The van der Waals surface area contributed by atoms with E-state index in [9.17, 15) is 13.4 Å². The van der Waals surface area contributed by atoms with Crippen LogP contribution in [0.15, 0.2) is 12.7 Å². The van der Waals surface area contributed by atoms with Crippen molar-refractivity contribution in [1.29, 1.82) is 0 Å². The smallest absolute Gasteiger partial charge is 0.410 e. The maximum Gasteiger partial charge on any atom is 0.410 e. The quantitative estimate of drug-likeness (QED) is 0.804. The van der Waals surface area contributed by atoms with Crippen LogP contribution in [0.1, 0.15) is 41.5 Å². The minimum Gasteiger partial charge on any atom is -0.444 e. The van der Waals surface area contributed by atoms with Crippen molar-refractivity contribution in [1.82, 2.24) is 9.62 Å². The van der Waals surface area contributed by atoms with Crippen molar-refractivity contribution >= 4 is 17.1 Å². The van der Waals surface area contributed by atoms with Crippen molar-refractivity contribution < 1.29 is 18.1 Å². The molecule has 22 heavy (non-hydrogen) atoms. The molecule has 0 aromatic carbocycles. The summed E-state index contributed by atoms with van der Waals surface area (Å²) >= 11 is 0. The molecular formula is C15H27FN2O3S. The average Bonchev–Trinajstić information content (AvgIpc) is 2.28. The van der Waals surface area contributed by atoms with Crippen LogP contribution < -0.4 is 4.72 Å². The van der Waals surface area contributed by atoms with Gasteiger partial charge in [-0.15, -0.1) is 6.58 Å². The third-order valence-electron chi connectivity index (χ3n) is 3.14. The number of carbonyl (C=O) groups is 1. The fraction of sp³-hybridized carbons (Fsp3) is 0.800. The Hall–Kier alpha value is -0.950. The first-order chi connectivity index (χ1) is 9.78. The van der Waals surface area contributed by atoms with E-state index < -0.39 is 39.1 Å². The Balaban J connectivity index is 2.64. The molecule has 1 aliphatic heterocycles. The van der Waals surface area contributed by atoms with Gasteiger partial charge in [0.2, 0.25) is 0 Å². The van der Waals surface area contributed by atoms with E-state index >= 15 is 0 Å². The molecule has 0 spiro atoms. The minimum absolute atomic E-state index is 0.104. The van der Waals surface area contributed by atoms with Crippen LogP contribution in [0.3, 0.4) is 0 Å². The number of likely N-dealkylation sites (tertiary alicyclic amines) is 1. The molecule has 1 amide bonds. The Labute approximate surface area is 134 Å². The van der Waals surface area contributed by atoms with Gasteiger partial charge in [0.15, 0.2) is 5.67 Å². The monoisotopic (exact) mass is 334 g/mol. The predicted octanol–water partition coefficient (Wildman–Crippen LogP) is 2.55. The summed E-state index contributed by atoms with van der Waals surface area (Å²) in [5, 5.41) is 0. The molecule has 1 heterocycles. The first-order valence-electron chi connectivity index (χ1n) is 7.26. The van der Waals surface area contributed by atoms with E-state index in [1.54, 1.807) is 41.5 Å². The first-order valence-corrected chi connectivity index (χ1v) is 8.41. The van der Waals surface area contributed by atoms with E-state index in [-0.39, 0.29) is 13.1 Å². The molecule has 1 saturated heterocycles. The van der Waals surface area contributed by atoms with Crippen LogP contribution in [0.25, 0.3) is 0 Å². The Kier molecular flexibility index (Phi) is 5.45. The summed E-state index contributed by atoms with van der Waals surface area (Å²) in [6.07, 6.45) is 0.858. The number of nitrogens with zero attached hydrogens (tertiary/aromatic N) is 1. The van der Waals surface area contributed by atoms with Crippen molar-refractivity contribution in [3.63, 3.8) is 0 Å². The number of hydrogen-bond donors (Lipinski definition) is 1. The number of alkyl halides is 1. The third-order valence-corrected chi connectivity index (χ3v) is 4.72. The number of nitrogens with one attached hydrogen (secondary N) is 1. The van der Waals surface area contributed by atoms with Crippen LogP contribution in [0.5, 0.6) is 0 Å². The lowest BCUT2D eigenvalue weighted by atomic mass is 9.89. The molecule has 0 aromatic rings. The molecule has 1 N–H and O–H groups in total. The van der Waals surface area contributed by atoms with Gasteiger partial charge >= 0.3 is 6.09 Å². The van der Waals surface area contributed by atoms with Crippen molar-refractivity contribution in [2.45, 2.75) is 63.6 Å². The van der Waals surface area contributed by atoms with Gasteiger partial charge in [-0.3, -0.25) is 0 Å².